The van der Waals surface area contributed by atoms with Gasteiger partial charge in [0.25, 0.3) is 5.91 Å². The highest BCUT2D eigenvalue weighted by molar-refractivity contribution is 6.04. The monoisotopic (exact) mass is 361 g/mol. The standard InChI is InChI=1S/C19H18F3N3O/c1-12-3-5-14(6-4-12)18(26)24-16-7-15(19(20,21)22)8-17(9-16)25-10-13(2)23-11-25/h3-9,11,13H,10H2,1-2H3,(H,24,26). The average Bonchev–Trinajstić information content (AvgIpc) is 3.01. The van der Waals surface area contributed by atoms with Gasteiger partial charge in [-0.05, 0) is 44.2 Å². The Labute approximate surface area is 149 Å². The van der Waals surface area contributed by atoms with Crippen molar-refractivity contribution in [2.75, 3.05) is 16.8 Å². The fourth-order valence-corrected chi connectivity index (χ4v) is 2.67. The second-order valence-corrected chi connectivity index (χ2v) is 6.35. The van der Waals surface area contributed by atoms with Crippen LogP contribution < -0.4 is 10.2 Å². The Morgan fingerprint density at radius 2 is 1.88 bits per heavy atom. The number of halogens is 3. The number of aryl methyl sites for hydroxylation is 1. The summed E-state index contributed by atoms with van der Waals surface area (Å²) in [4.78, 5) is 18.1. The van der Waals surface area contributed by atoms with Gasteiger partial charge in [-0.2, -0.15) is 13.2 Å². The molecule has 136 valence electrons. The third kappa shape index (κ3) is 4.04. The first-order valence-electron chi connectivity index (χ1n) is 8.12. The van der Waals surface area contributed by atoms with Gasteiger partial charge in [-0.15, -0.1) is 0 Å². The largest absolute Gasteiger partial charge is 0.416 e. The summed E-state index contributed by atoms with van der Waals surface area (Å²) in [7, 11) is 0. The van der Waals surface area contributed by atoms with Gasteiger partial charge in [-0.1, -0.05) is 17.7 Å². The van der Waals surface area contributed by atoms with Gasteiger partial charge in [0.1, 0.15) is 0 Å². The molecule has 0 radical (unpaired) electrons. The first kappa shape index (κ1) is 18.0. The fraction of sp³-hybridized carbons (Fsp3) is 0.263. The van der Waals surface area contributed by atoms with E-state index in [0.717, 1.165) is 17.7 Å². The molecular weight excluding hydrogens is 343 g/mol. The van der Waals surface area contributed by atoms with E-state index in [1.807, 2.05) is 13.8 Å². The van der Waals surface area contributed by atoms with E-state index in [4.69, 9.17) is 0 Å². The highest BCUT2D eigenvalue weighted by Gasteiger charge is 2.32. The maximum atomic E-state index is 13.3. The van der Waals surface area contributed by atoms with Crippen molar-refractivity contribution in [3.8, 4) is 0 Å². The van der Waals surface area contributed by atoms with Crippen molar-refractivity contribution in [3.05, 3.63) is 59.2 Å². The Bertz CT molecular complexity index is 844. The van der Waals surface area contributed by atoms with Crippen molar-refractivity contribution in [2.24, 2.45) is 4.99 Å². The molecule has 0 aromatic heterocycles. The molecule has 1 amide bonds. The van der Waals surface area contributed by atoms with E-state index in [1.54, 1.807) is 29.2 Å². The lowest BCUT2D eigenvalue weighted by molar-refractivity contribution is -0.137. The minimum absolute atomic E-state index is 0.00939. The summed E-state index contributed by atoms with van der Waals surface area (Å²) in [5.74, 6) is -0.460. The molecule has 1 aliphatic heterocycles. The van der Waals surface area contributed by atoms with E-state index < -0.39 is 17.6 Å². The molecule has 0 saturated heterocycles. The van der Waals surface area contributed by atoms with Gasteiger partial charge < -0.3 is 10.2 Å². The first-order chi connectivity index (χ1) is 12.2. The van der Waals surface area contributed by atoms with Gasteiger partial charge in [-0.3, -0.25) is 9.79 Å². The molecule has 1 atom stereocenters. The highest BCUT2D eigenvalue weighted by atomic mass is 19.4. The molecule has 0 fully saturated rings. The number of carbonyl (C=O) groups excluding carboxylic acids is 1. The van der Waals surface area contributed by atoms with Gasteiger partial charge in [0.15, 0.2) is 0 Å². The summed E-state index contributed by atoms with van der Waals surface area (Å²) in [6, 6.07) is 10.3. The van der Waals surface area contributed by atoms with Crippen LogP contribution >= 0.6 is 0 Å². The second kappa shape index (κ2) is 6.82. The number of nitrogens with one attached hydrogen (secondary N) is 1. The van der Waals surface area contributed by atoms with Crippen LogP contribution in [0.2, 0.25) is 0 Å². The lowest BCUT2D eigenvalue weighted by atomic mass is 10.1. The lowest BCUT2D eigenvalue weighted by Crippen LogP contribution is -2.22. The smallest absolute Gasteiger partial charge is 0.331 e. The molecule has 1 heterocycles. The van der Waals surface area contributed by atoms with Crippen LogP contribution in [0, 0.1) is 6.92 Å². The predicted octanol–water partition coefficient (Wildman–Crippen LogP) is 4.50. The van der Waals surface area contributed by atoms with Gasteiger partial charge >= 0.3 is 6.18 Å². The molecular formula is C19H18F3N3O. The summed E-state index contributed by atoms with van der Waals surface area (Å²) in [6.45, 7) is 4.26. The number of amides is 1. The second-order valence-electron chi connectivity index (χ2n) is 6.35. The summed E-state index contributed by atoms with van der Waals surface area (Å²) < 4.78 is 39.8. The lowest BCUT2D eigenvalue weighted by Gasteiger charge is -2.19. The molecule has 26 heavy (non-hydrogen) atoms. The molecule has 0 bridgehead atoms. The molecule has 1 N–H and O–H groups in total. The number of carbonyl (C=O) groups is 1. The van der Waals surface area contributed by atoms with Crippen molar-refractivity contribution >= 4 is 23.6 Å². The van der Waals surface area contributed by atoms with Crippen LogP contribution in [0.15, 0.2) is 47.5 Å². The number of nitrogens with zero attached hydrogens (tertiary/aromatic N) is 2. The summed E-state index contributed by atoms with van der Waals surface area (Å²) in [6.07, 6.45) is -2.99. The Morgan fingerprint density at radius 1 is 1.19 bits per heavy atom. The Kier molecular flexibility index (Phi) is 4.71. The third-order valence-electron chi connectivity index (χ3n) is 4.07. The topological polar surface area (TPSA) is 44.7 Å². The molecule has 0 spiro atoms. The highest BCUT2D eigenvalue weighted by Crippen LogP contribution is 2.35. The molecule has 0 saturated carbocycles. The minimum atomic E-state index is -4.51. The van der Waals surface area contributed by atoms with Crippen molar-refractivity contribution in [1.29, 1.82) is 0 Å². The first-order valence-corrected chi connectivity index (χ1v) is 8.12. The van der Waals surface area contributed by atoms with E-state index >= 15 is 0 Å². The normalized spacial score (nSPS) is 16.8. The van der Waals surface area contributed by atoms with Crippen LogP contribution in [0.3, 0.4) is 0 Å². The molecule has 3 rings (SSSR count). The maximum absolute atomic E-state index is 13.3. The van der Waals surface area contributed by atoms with Gasteiger partial charge in [0, 0.05) is 23.5 Å². The number of anilines is 2. The summed E-state index contributed by atoms with van der Waals surface area (Å²) in [5, 5.41) is 2.56. The number of hydrogen-bond acceptors (Lipinski definition) is 3. The van der Waals surface area contributed by atoms with Gasteiger partial charge in [0.2, 0.25) is 0 Å². The van der Waals surface area contributed by atoms with Gasteiger partial charge in [0.05, 0.1) is 17.9 Å². The van der Waals surface area contributed by atoms with Crippen LogP contribution in [-0.2, 0) is 6.18 Å². The van der Waals surface area contributed by atoms with Crippen LogP contribution in [-0.4, -0.2) is 24.8 Å². The molecule has 1 unspecified atom stereocenters. The average molecular weight is 361 g/mol. The van der Waals surface area contributed by atoms with Crippen molar-refractivity contribution in [1.82, 2.24) is 0 Å². The van der Waals surface area contributed by atoms with Crippen molar-refractivity contribution < 1.29 is 18.0 Å². The van der Waals surface area contributed by atoms with Gasteiger partial charge in [-0.25, -0.2) is 0 Å². The van der Waals surface area contributed by atoms with Crippen LogP contribution in [0.1, 0.15) is 28.4 Å². The van der Waals surface area contributed by atoms with E-state index in [9.17, 15) is 18.0 Å². The number of aliphatic imine (C=N–C) groups is 1. The molecule has 7 heteroatoms. The van der Waals surface area contributed by atoms with Crippen molar-refractivity contribution in [2.45, 2.75) is 26.1 Å². The zero-order chi connectivity index (χ0) is 18.9. The van der Waals surface area contributed by atoms with E-state index in [2.05, 4.69) is 10.3 Å². The third-order valence-corrected chi connectivity index (χ3v) is 4.07. The van der Waals surface area contributed by atoms with Crippen LogP contribution in [0.5, 0.6) is 0 Å². The fourth-order valence-electron chi connectivity index (χ4n) is 2.67. The zero-order valence-electron chi connectivity index (χ0n) is 14.3. The molecule has 4 nitrogen and oxygen atoms in total. The molecule has 0 aliphatic carbocycles. The minimum Gasteiger partial charge on any atom is -0.331 e. The van der Waals surface area contributed by atoms with Crippen molar-refractivity contribution in [3.63, 3.8) is 0 Å². The molecule has 1 aliphatic rings. The van der Waals surface area contributed by atoms with E-state index in [-0.39, 0.29) is 11.7 Å². The molecule has 2 aromatic carbocycles. The summed E-state index contributed by atoms with van der Waals surface area (Å²) >= 11 is 0. The Morgan fingerprint density at radius 3 is 2.46 bits per heavy atom. The number of benzene rings is 2. The molecule has 2 aromatic rings. The number of hydrogen-bond donors (Lipinski definition) is 1. The number of alkyl halides is 3. The maximum Gasteiger partial charge on any atom is 0.416 e. The quantitative estimate of drug-likeness (QED) is 0.875. The number of rotatable bonds is 3. The van der Waals surface area contributed by atoms with E-state index in [1.165, 1.54) is 12.4 Å². The Balaban J connectivity index is 1.91. The summed E-state index contributed by atoms with van der Waals surface area (Å²) in [5.41, 5.74) is 0.985. The zero-order valence-corrected chi connectivity index (χ0v) is 14.3. The Hall–Kier alpha value is -2.83. The predicted molar refractivity (Wildman–Crippen MR) is 95.9 cm³/mol. The van der Waals surface area contributed by atoms with E-state index in [0.29, 0.717) is 17.8 Å². The SMILES string of the molecule is Cc1ccc(C(=O)Nc2cc(N3C=NC(C)C3)cc(C(F)(F)F)c2)cc1. The van der Waals surface area contributed by atoms with Crippen LogP contribution in [0.25, 0.3) is 0 Å². The van der Waals surface area contributed by atoms with Crippen LogP contribution in [0.4, 0.5) is 24.5 Å².